The van der Waals surface area contributed by atoms with Crippen LogP contribution in [0.3, 0.4) is 0 Å². The maximum atomic E-state index is 12.4. The lowest BCUT2D eigenvalue weighted by Crippen LogP contribution is -2.25. The van der Waals surface area contributed by atoms with E-state index in [9.17, 15) is 4.79 Å². The second-order valence-electron chi connectivity index (χ2n) is 9.38. The molecular weight excluding hydrogens is 360 g/mol. The Balaban J connectivity index is 1.68. The highest BCUT2D eigenvalue weighted by atomic mass is 16.1. The van der Waals surface area contributed by atoms with Crippen LogP contribution in [0, 0.1) is 20.8 Å². The van der Waals surface area contributed by atoms with E-state index in [0.717, 1.165) is 41.8 Å². The number of aryl methyl sites for hydroxylation is 3. The topological polar surface area (TPSA) is 59.8 Å². The lowest BCUT2D eigenvalue weighted by atomic mass is 9.97. The zero-order valence-electron chi connectivity index (χ0n) is 19.0. The van der Waals surface area contributed by atoms with Crippen molar-refractivity contribution >= 4 is 16.9 Å². The number of pyridine rings is 1. The summed E-state index contributed by atoms with van der Waals surface area (Å²) in [6.07, 6.45) is 9.55. The van der Waals surface area contributed by atoms with Crippen LogP contribution < -0.4 is 5.32 Å². The van der Waals surface area contributed by atoms with E-state index in [4.69, 9.17) is 10.1 Å². The minimum atomic E-state index is -0.117. The predicted molar refractivity (Wildman–Crippen MR) is 119 cm³/mol. The lowest BCUT2D eigenvalue weighted by molar-refractivity contribution is -0.121. The van der Waals surface area contributed by atoms with Gasteiger partial charge in [0.2, 0.25) is 5.91 Å². The summed E-state index contributed by atoms with van der Waals surface area (Å²) in [5, 5.41) is 8.98. The molecule has 1 aliphatic rings. The molecule has 0 saturated heterocycles. The van der Waals surface area contributed by atoms with Gasteiger partial charge >= 0.3 is 0 Å². The van der Waals surface area contributed by atoms with Gasteiger partial charge in [-0.2, -0.15) is 5.10 Å². The Morgan fingerprint density at radius 3 is 2.55 bits per heavy atom. The fourth-order valence-corrected chi connectivity index (χ4v) is 4.36. The third-order valence-electron chi connectivity index (χ3n) is 5.96. The number of hydrogen-bond acceptors (Lipinski definition) is 3. The molecule has 0 unspecified atom stereocenters. The summed E-state index contributed by atoms with van der Waals surface area (Å²) in [7, 11) is 0. The van der Waals surface area contributed by atoms with Gasteiger partial charge in [-0.15, -0.1) is 0 Å². The molecule has 0 saturated carbocycles. The number of fused-ring (bicyclic) bond motifs is 1. The van der Waals surface area contributed by atoms with Crippen LogP contribution >= 0.6 is 0 Å². The third kappa shape index (κ3) is 4.88. The number of carbonyl (C=O) groups is 1. The Morgan fingerprint density at radius 1 is 1.14 bits per heavy atom. The fourth-order valence-electron chi connectivity index (χ4n) is 4.36. The van der Waals surface area contributed by atoms with Crippen molar-refractivity contribution in [1.29, 1.82) is 0 Å². The van der Waals surface area contributed by atoms with Gasteiger partial charge in [0.1, 0.15) is 0 Å². The van der Waals surface area contributed by atoms with Crippen LogP contribution in [-0.4, -0.2) is 27.2 Å². The van der Waals surface area contributed by atoms with E-state index in [1.165, 1.54) is 42.4 Å². The number of aromatic nitrogens is 3. The van der Waals surface area contributed by atoms with E-state index in [0.29, 0.717) is 6.42 Å². The van der Waals surface area contributed by atoms with Gasteiger partial charge in [0, 0.05) is 24.0 Å². The summed E-state index contributed by atoms with van der Waals surface area (Å²) < 4.78 is 2.02. The highest BCUT2D eigenvalue weighted by Crippen LogP contribution is 2.29. The Hall–Kier alpha value is -2.17. The minimum Gasteiger partial charge on any atom is -0.356 e. The molecule has 2 aromatic heterocycles. The van der Waals surface area contributed by atoms with Gasteiger partial charge < -0.3 is 5.32 Å². The Morgan fingerprint density at radius 2 is 1.90 bits per heavy atom. The quantitative estimate of drug-likeness (QED) is 0.695. The molecule has 29 heavy (non-hydrogen) atoms. The average molecular weight is 397 g/mol. The second-order valence-corrected chi connectivity index (χ2v) is 9.38. The van der Waals surface area contributed by atoms with Crippen molar-refractivity contribution < 1.29 is 4.79 Å². The fraction of sp³-hybridized carbons (Fsp3) is 0.625. The van der Waals surface area contributed by atoms with Gasteiger partial charge in [-0.05, 0) is 91.2 Å². The van der Waals surface area contributed by atoms with Crippen LogP contribution in [0.5, 0.6) is 0 Å². The smallest absolute Gasteiger partial charge is 0.220 e. The van der Waals surface area contributed by atoms with Crippen molar-refractivity contribution in [2.45, 2.75) is 92.0 Å². The molecule has 1 N–H and O–H groups in total. The van der Waals surface area contributed by atoms with Gasteiger partial charge in [0.15, 0.2) is 5.65 Å². The van der Waals surface area contributed by atoms with Crippen molar-refractivity contribution in [3.8, 4) is 0 Å². The Labute approximate surface area is 175 Å². The summed E-state index contributed by atoms with van der Waals surface area (Å²) in [5.41, 5.74) is 6.73. The average Bonchev–Trinajstić information content (AvgIpc) is 2.99. The van der Waals surface area contributed by atoms with Crippen LogP contribution in [0.15, 0.2) is 11.6 Å². The molecule has 0 fully saturated rings. The van der Waals surface area contributed by atoms with Crippen LogP contribution in [-0.2, 0) is 16.8 Å². The normalized spacial score (nSPS) is 14.9. The first-order chi connectivity index (χ1) is 13.7. The molecule has 0 aromatic carbocycles. The molecule has 3 rings (SSSR count). The molecule has 5 nitrogen and oxygen atoms in total. The molecule has 2 aromatic rings. The van der Waals surface area contributed by atoms with E-state index in [1.54, 1.807) is 0 Å². The number of carbonyl (C=O) groups excluding carboxylic acids is 1. The number of amides is 1. The van der Waals surface area contributed by atoms with Gasteiger partial charge in [-0.3, -0.25) is 4.79 Å². The molecule has 1 amide bonds. The predicted octanol–water partition coefficient (Wildman–Crippen LogP) is 5.05. The van der Waals surface area contributed by atoms with Crippen molar-refractivity contribution in [3.63, 3.8) is 0 Å². The summed E-state index contributed by atoms with van der Waals surface area (Å²) in [4.78, 5) is 17.3. The van der Waals surface area contributed by atoms with E-state index in [2.05, 4.69) is 39.1 Å². The second kappa shape index (κ2) is 8.68. The molecular formula is C24H36N4O. The summed E-state index contributed by atoms with van der Waals surface area (Å²) >= 11 is 0. The summed E-state index contributed by atoms with van der Waals surface area (Å²) in [5.74, 6) is 0.127. The maximum absolute atomic E-state index is 12.4. The molecule has 158 valence electrons. The van der Waals surface area contributed by atoms with Crippen molar-refractivity contribution in [3.05, 3.63) is 34.2 Å². The third-order valence-corrected chi connectivity index (χ3v) is 5.96. The van der Waals surface area contributed by atoms with E-state index < -0.39 is 0 Å². The largest absolute Gasteiger partial charge is 0.356 e. The van der Waals surface area contributed by atoms with Crippen LogP contribution in [0.1, 0.15) is 81.8 Å². The Kier molecular flexibility index (Phi) is 6.45. The maximum Gasteiger partial charge on any atom is 0.220 e. The van der Waals surface area contributed by atoms with E-state index in [-0.39, 0.29) is 11.4 Å². The van der Waals surface area contributed by atoms with Crippen LogP contribution in [0.25, 0.3) is 11.0 Å². The first-order valence-electron chi connectivity index (χ1n) is 11.0. The van der Waals surface area contributed by atoms with Crippen LogP contribution in [0.4, 0.5) is 0 Å². The van der Waals surface area contributed by atoms with Crippen molar-refractivity contribution in [2.75, 3.05) is 6.54 Å². The summed E-state index contributed by atoms with van der Waals surface area (Å²) in [6, 6.07) is 0. The highest BCUT2D eigenvalue weighted by Gasteiger charge is 2.23. The zero-order valence-corrected chi connectivity index (χ0v) is 19.0. The molecule has 0 bridgehead atoms. The lowest BCUT2D eigenvalue weighted by Gasteiger charge is -2.20. The molecule has 0 spiro atoms. The number of allylic oxidation sites excluding steroid dienone is 1. The molecule has 1 aliphatic carbocycles. The Bertz CT molecular complexity index is 931. The first-order valence-corrected chi connectivity index (χ1v) is 11.0. The van der Waals surface area contributed by atoms with E-state index in [1.807, 2.05) is 18.5 Å². The first kappa shape index (κ1) is 21.5. The van der Waals surface area contributed by atoms with E-state index >= 15 is 0 Å². The number of nitrogens with one attached hydrogen (secondary N) is 1. The monoisotopic (exact) mass is 396 g/mol. The number of nitrogens with zero attached hydrogens (tertiary/aromatic N) is 3. The van der Waals surface area contributed by atoms with Crippen LogP contribution in [0.2, 0.25) is 0 Å². The molecule has 0 aliphatic heterocycles. The van der Waals surface area contributed by atoms with Gasteiger partial charge in [-0.25, -0.2) is 9.67 Å². The SMILES string of the molecule is Cc1nc2c(c(C)nn2C(C)(C)C)c(C)c1CCC(=O)NCCC1=CCCCC1. The van der Waals surface area contributed by atoms with Gasteiger partial charge in [-0.1, -0.05) is 11.6 Å². The van der Waals surface area contributed by atoms with Crippen molar-refractivity contribution in [1.82, 2.24) is 20.1 Å². The number of hydrogen-bond donors (Lipinski definition) is 1. The van der Waals surface area contributed by atoms with Gasteiger partial charge in [0.05, 0.1) is 11.2 Å². The summed E-state index contributed by atoms with van der Waals surface area (Å²) in [6.45, 7) is 13.4. The molecule has 0 radical (unpaired) electrons. The molecule has 0 atom stereocenters. The van der Waals surface area contributed by atoms with Crippen molar-refractivity contribution in [2.24, 2.45) is 0 Å². The molecule has 5 heteroatoms. The highest BCUT2D eigenvalue weighted by molar-refractivity contribution is 5.84. The zero-order chi connectivity index (χ0) is 21.2. The minimum absolute atomic E-state index is 0.117. The van der Waals surface area contributed by atoms with Gasteiger partial charge in [0.25, 0.3) is 0 Å². The molecule has 2 heterocycles. The standard InChI is InChI=1S/C24H36N4O/c1-16-20(12-13-21(29)25-15-14-19-10-8-7-9-11-19)17(2)26-23-22(16)18(3)27-28(23)24(4,5)6/h10H,7-9,11-15H2,1-6H3,(H,25,29). The number of rotatable bonds is 6.